The van der Waals surface area contributed by atoms with Gasteiger partial charge in [0.25, 0.3) is 0 Å². The van der Waals surface area contributed by atoms with E-state index < -0.39 is 16.0 Å². The van der Waals surface area contributed by atoms with Crippen LogP contribution in [0, 0.1) is 0 Å². The number of nitrogens with zero attached hydrogens (tertiary/aromatic N) is 1. The van der Waals surface area contributed by atoms with Crippen molar-refractivity contribution in [1.82, 2.24) is 4.67 Å². The number of hydrogen-bond donors (Lipinski definition) is 2. The summed E-state index contributed by atoms with van der Waals surface area (Å²) in [6.07, 6.45) is 0. The van der Waals surface area contributed by atoms with Gasteiger partial charge in [0.1, 0.15) is 0 Å². The van der Waals surface area contributed by atoms with Gasteiger partial charge in [0.05, 0.1) is 13.2 Å². The monoisotopic (exact) mass is 231 g/mol. The van der Waals surface area contributed by atoms with Gasteiger partial charge in [0.2, 0.25) is 0 Å². The molecule has 1 fully saturated rings. The zero-order valence-corrected chi connectivity index (χ0v) is 8.64. The Kier molecular flexibility index (Phi) is 4.06. The number of morpholine rings is 1. The van der Waals surface area contributed by atoms with Gasteiger partial charge in [-0.2, -0.15) is 0 Å². The summed E-state index contributed by atoms with van der Waals surface area (Å²) in [6.45, 7) is 1.09. The molecule has 0 saturated carbocycles. The number of ether oxygens (including phenoxy) is 1. The Morgan fingerprint density at radius 2 is 2.00 bits per heavy atom. The van der Waals surface area contributed by atoms with Gasteiger partial charge in [0.15, 0.2) is 0 Å². The molecular weight excluding hydrogens is 220 g/mol. The lowest BCUT2D eigenvalue weighted by molar-refractivity contribution is 0.0618. The van der Waals surface area contributed by atoms with Crippen LogP contribution in [0.3, 0.4) is 0 Å². The van der Waals surface area contributed by atoms with E-state index in [1.54, 1.807) is 0 Å². The van der Waals surface area contributed by atoms with Crippen molar-refractivity contribution < 1.29 is 28.0 Å². The molecule has 9 heteroatoms. The first-order valence-electron chi connectivity index (χ1n) is 3.61. The van der Waals surface area contributed by atoms with Crippen LogP contribution in [0.2, 0.25) is 0 Å². The van der Waals surface area contributed by atoms with Crippen LogP contribution in [0.5, 0.6) is 0 Å². The van der Waals surface area contributed by atoms with E-state index in [4.69, 9.17) is 9.63 Å². The van der Waals surface area contributed by atoms with Gasteiger partial charge in [0, 0.05) is 13.1 Å². The standard InChI is InChI=1S/C4H11NO6P2/c6-12(7)11-13(8,9)5-1-3-10-4-2-5/h12H,1-4H2,(H,6,7)(H,8,9). The first-order valence-corrected chi connectivity index (χ1v) is 6.40. The molecule has 0 aromatic rings. The first-order chi connectivity index (χ1) is 6.02. The lowest BCUT2D eigenvalue weighted by atomic mass is 10.5. The molecule has 2 unspecified atom stereocenters. The second-order valence-electron chi connectivity index (χ2n) is 2.41. The van der Waals surface area contributed by atoms with E-state index in [9.17, 15) is 14.0 Å². The summed E-state index contributed by atoms with van der Waals surface area (Å²) in [5.41, 5.74) is 0. The van der Waals surface area contributed by atoms with E-state index in [0.29, 0.717) is 13.2 Å². The summed E-state index contributed by atoms with van der Waals surface area (Å²) in [4.78, 5) is 17.5. The first kappa shape index (κ1) is 11.3. The van der Waals surface area contributed by atoms with Crippen molar-refractivity contribution >= 4 is 16.0 Å². The molecular formula is C4H11NO6P2. The normalized spacial score (nSPS) is 26.6. The van der Waals surface area contributed by atoms with Crippen LogP contribution in [-0.2, 0) is 18.2 Å². The van der Waals surface area contributed by atoms with Gasteiger partial charge in [-0.1, -0.05) is 0 Å². The predicted molar refractivity (Wildman–Crippen MR) is 44.5 cm³/mol. The fourth-order valence-corrected chi connectivity index (χ4v) is 2.91. The molecule has 0 aliphatic carbocycles. The SMILES string of the molecule is O=[PH](O)OP(=O)(O)N1CCOCC1. The summed E-state index contributed by atoms with van der Waals surface area (Å²) < 4.78 is 31.6. The van der Waals surface area contributed by atoms with E-state index in [2.05, 4.69) is 4.31 Å². The molecule has 13 heavy (non-hydrogen) atoms. The van der Waals surface area contributed by atoms with Crippen molar-refractivity contribution in [3.8, 4) is 0 Å². The van der Waals surface area contributed by atoms with Crippen LogP contribution in [0.1, 0.15) is 0 Å². The average Bonchev–Trinajstić information content (AvgIpc) is 2.04. The van der Waals surface area contributed by atoms with Crippen molar-refractivity contribution in [2.45, 2.75) is 0 Å². The highest BCUT2D eigenvalue weighted by Crippen LogP contribution is 2.52. The molecule has 78 valence electrons. The van der Waals surface area contributed by atoms with Crippen LogP contribution in [-0.4, -0.2) is 40.8 Å². The Hall–Kier alpha value is 0.260. The maximum atomic E-state index is 11.2. The lowest BCUT2D eigenvalue weighted by Gasteiger charge is -2.28. The molecule has 1 aliphatic heterocycles. The Bertz CT molecular complexity index is 239. The summed E-state index contributed by atoms with van der Waals surface area (Å²) in [7, 11) is -7.47. The van der Waals surface area contributed by atoms with Crippen molar-refractivity contribution in [2.75, 3.05) is 26.3 Å². The second kappa shape index (κ2) is 4.66. The van der Waals surface area contributed by atoms with E-state index in [1.165, 1.54) is 0 Å². The Morgan fingerprint density at radius 3 is 2.46 bits per heavy atom. The lowest BCUT2D eigenvalue weighted by Crippen LogP contribution is -2.33. The molecule has 0 spiro atoms. The third kappa shape index (κ3) is 3.48. The van der Waals surface area contributed by atoms with Crippen molar-refractivity contribution in [3.63, 3.8) is 0 Å². The average molecular weight is 231 g/mol. The maximum absolute atomic E-state index is 11.2. The fraction of sp³-hybridized carbons (Fsp3) is 1.00. The largest absolute Gasteiger partial charge is 0.412 e. The van der Waals surface area contributed by atoms with Gasteiger partial charge in [-0.15, -0.1) is 0 Å². The van der Waals surface area contributed by atoms with Crippen molar-refractivity contribution in [1.29, 1.82) is 0 Å². The molecule has 1 aliphatic rings. The van der Waals surface area contributed by atoms with Crippen LogP contribution in [0.15, 0.2) is 0 Å². The molecule has 2 atom stereocenters. The van der Waals surface area contributed by atoms with Gasteiger partial charge in [-0.05, 0) is 0 Å². The zero-order valence-electron chi connectivity index (χ0n) is 6.75. The summed E-state index contributed by atoms with van der Waals surface area (Å²) in [5, 5.41) is 0. The highest BCUT2D eigenvalue weighted by atomic mass is 31.2. The van der Waals surface area contributed by atoms with Crippen LogP contribution in [0.4, 0.5) is 0 Å². The highest BCUT2D eigenvalue weighted by Gasteiger charge is 2.32. The number of hydrogen-bond acceptors (Lipinski definition) is 4. The predicted octanol–water partition coefficient (Wildman–Crippen LogP) is -0.182. The Labute approximate surface area is 75.8 Å². The van der Waals surface area contributed by atoms with Gasteiger partial charge >= 0.3 is 16.0 Å². The molecule has 0 bridgehead atoms. The molecule has 1 heterocycles. The maximum Gasteiger partial charge on any atom is 0.412 e. The molecule has 7 nitrogen and oxygen atoms in total. The van der Waals surface area contributed by atoms with E-state index in [0.717, 1.165) is 4.67 Å². The van der Waals surface area contributed by atoms with E-state index in [1.807, 2.05) is 0 Å². The zero-order chi connectivity index (χ0) is 9.90. The van der Waals surface area contributed by atoms with Gasteiger partial charge < -0.3 is 14.5 Å². The van der Waals surface area contributed by atoms with Crippen LogP contribution in [0.25, 0.3) is 0 Å². The van der Waals surface area contributed by atoms with Crippen LogP contribution >= 0.6 is 16.0 Å². The van der Waals surface area contributed by atoms with Crippen molar-refractivity contribution in [3.05, 3.63) is 0 Å². The van der Waals surface area contributed by atoms with E-state index in [-0.39, 0.29) is 13.1 Å². The highest BCUT2D eigenvalue weighted by molar-refractivity contribution is 7.57. The summed E-state index contributed by atoms with van der Waals surface area (Å²) in [5.74, 6) is 0. The topological polar surface area (TPSA) is 96.3 Å². The van der Waals surface area contributed by atoms with Gasteiger partial charge in [-0.25, -0.2) is 13.5 Å². The fourth-order valence-electron chi connectivity index (χ4n) is 0.966. The minimum absolute atomic E-state index is 0.225. The molecule has 0 aromatic heterocycles. The number of rotatable bonds is 3. The minimum atomic E-state index is -4.09. The Balaban J connectivity index is 2.56. The molecule has 0 amide bonds. The Morgan fingerprint density at radius 1 is 1.46 bits per heavy atom. The van der Waals surface area contributed by atoms with Crippen molar-refractivity contribution in [2.24, 2.45) is 0 Å². The molecule has 0 aromatic carbocycles. The van der Waals surface area contributed by atoms with Crippen LogP contribution < -0.4 is 0 Å². The smallest absolute Gasteiger partial charge is 0.379 e. The molecule has 2 N–H and O–H groups in total. The summed E-state index contributed by atoms with van der Waals surface area (Å²) >= 11 is 0. The van der Waals surface area contributed by atoms with E-state index >= 15 is 0 Å². The minimum Gasteiger partial charge on any atom is -0.379 e. The molecule has 1 saturated heterocycles. The third-order valence-electron chi connectivity index (χ3n) is 1.54. The quantitative estimate of drug-likeness (QED) is 0.650. The summed E-state index contributed by atoms with van der Waals surface area (Å²) in [6, 6.07) is 0. The second-order valence-corrected chi connectivity index (χ2v) is 5.22. The molecule has 1 rings (SSSR count). The van der Waals surface area contributed by atoms with Gasteiger partial charge in [-0.3, -0.25) is 4.57 Å². The molecule has 0 radical (unpaired) electrons. The third-order valence-corrected chi connectivity index (χ3v) is 4.23.